The molecular formula is C13H22N4O2S. The third-order valence-electron chi connectivity index (χ3n) is 3.27. The summed E-state index contributed by atoms with van der Waals surface area (Å²) in [7, 11) is 0. The highest BCUT2D eigenvalue weighted by molar-refractivity contribution is 7.09. The van der Waals surface area contributed by atoms with Crippen LogP contribution < -0.4 is 11.1 Å². The quantitative estimate of drug-likeness (QED) is 0.747. The molecule has 1 aliphatic rings. The van der Waals surface area contributed by atoms with E-state index in [4.69, 9.17) is 10.5 Å². The maximum absolute atomic E-state index is 11.2. The van der Waals surface area contributed by atoms with E-state index in [0.29, 0.717) is 13.0 Å². The smallest absolute Gasteiger partial charge is 0.219 e. The van der Waals surface area contributed by atoms with E-state index >= 15 is 0 Å². The van der Waals surface area contributed by atoms with Crippen LogP contribution in [0.25, 0.3) is 0 Å². The fourth-order valence-electron chi connectivity index (χ4n) is 2.28. The van der Waals surface area contributed by atoms with Gasteiger partial charge in [-0.25, -0.2) is 4.98 Å². The molecule has 1 unspecified atom stereocenters. The first kappa shape index (κ1) is 15.4. The summed E-state index contributed by atoms with van der Waals surface area (Å²) in [5.74, 6) is -0.273. The molecule has 0 radical (unpaired) electrons. The summed E-state index contributed by atoms with van der Waals surface area (Å²) in [5, 5.41) is 6.49. The van der Waals surface area contributed by atoms with E-state index in [2.05, 4.69) is 15.2 Å². The number of ether oxygens (including phenoxy) is 1. The molecule has 1 aromatic rings. The Balaban J connectivity index is 1.83. The second-order valence-electron chi connectivity index (χ2n) is 5.02. The lowest BCUT2D eigenvalue weighted by atomic mass is 10.1. The highest BCUT2D eigenvalue weighted by Gasteiger charge is 2.18. The molecule has 1 saturated heterocycles. The monoisotopic (exact) mass is 298 g/mol. The average molecular weight is 298 g/mol. The van der Waals surface area contributed by atoms with E-state index in [1.807, 2.05) is 12.3 Å². The average Bonchev–Trinajstić information content (AvgIpc) is 2.82. The van der Waals surface area contributed by atoms with Crippen molar-refractivity contribution in [3.63, 3.8) is 0 Å². The first-order valence-electron chi connectivity index (χ1n) is 6.86. The van der Waals surface area contributed by atoms with Crippen LogP contribution in [0, 0.1) is 6.92 Å². The minimum Gasteiger partial charge on any atom is -0.379 e. The number of carbonyl (C=O) groups excluding carboxylic acids is 1. The number of hydrogen-bond acceptors (Lipinski definition) is 6. The summed E-state index contributed by atoms with van der Waals surface area (Å²) in [5.41, 5.74) is 6.35. The van der Waals surface area contributed by atoms with Crippen molar-refractivity contribution in [1.82, 2.24) is 15.2 Å². The van der Waals surface area contributed by atoms with Crippen LogP contribution in [-0.4, -0.2) is 54.7 Å². The fraction of sp³-hybridized carbons (Fsp3) is 0.692. The summed E-state index contributed by atoms with van der Waals surface area (Å²) in [6.07, 6.45) is 0.348. The van der Waals surface area contributed by atoms with Gasteiger partial charge in [0.1, 0.15) is 0 Å². The van der Waals surface area contributed by atoms with E-state index in [-0.39, 0.29) is 11.9 Å². The number of morpholine rings is 1. The zero-order valence-corrected chi connectivity index (χ0v) is 12.6. The topological polar surface area (TPSA) is 80.5 Å². The highest BCUT2D eigenvalue weighted by atomic mass is 32.1. The molecule has 1 atom stereocenters. The van der Waals surface area contributed by atoms with E-state index in [1.54, 1.807) is 11.3 Å². The maximum Gasteiger partial charge on any atom is 0.219 e. The standard InChI is InChI=1S/C13H22N4O2S/c1-10-16-12(9-20-10)7-15-11(6-13(14)18)8-17-2-4-19-5-3-17/h9,11,15H,2-8H2,1H3,(H2,14,18). The molecule has 6 nitrogen and oxygen atoms in total. The summed E-state index contributed by atoms with van der Waals surface area (Å²) in [6, 6.07) is 0.0626. The van der Waals surface area contributed by atoms with Crippen molar-refractivity contribution < 1.29 is 9.53 Å². The molecule has 1 amide bonds. The van der Waals surface area contributed by atoms with Crippen LogP contribution in [0.5, 0.6) is 0 Å². The number of nitrogens with two attached hydrogens (primary N) is 1. The minimum absolute atomic E-state index is 0.0626. The second-order valence-corrected chi connectivity index (χ2v) is 6.08. The van der Waals surface area contributed by atoms with Crippen LogP contribution in [0.15, 0.2) is 5.38 Å². The molecule has 3 N–H and O–H groups in total. The molecule has 20 heavy (non-hydrogen) atoms. The Kier molecular flexibility index (Phi) is 5.90. The van der Waals surface area contributed by atoms with Crippen LogP contribution in [0.2, 0.25) is 0 Å². The van der Waals surface area contributed by atoms with E-state index < -0.39 is 0 Å². The predicted octanol–water partition coefficient (Wildman–Crippen LogP) is 0.117. The number of aromatic nitrogens is 1. The number of thiazole rings is 1. The molecule has 2 heterocycles. The van der Waals surface area contributed by atoms with E-state index in [9.17, 15) is 4.79 Å². The van der Waals surface area contributed by atoms with Gasteiger partial charge in [-0.05, 0) is 6.92 Å². The lowest BCUT2D eigenvalue weighted by molar-refractivity contribution is -0.118. The van der Waals surface area contributed by atoms with Crippen LogP contribution in [0.4, 0.5) is 0 Å². The maximum atomic E-state index is 11.2. The number of carbonyl (C=O) groups is 1. The number of aryl methyl sites for hydroxylation is 1. The van der Waals surface area contributed by atoms with E-state index in [0.717, 1.165) is 43.5 Å². The molecule has 0 bridgehead atoms. The first-order chi connectivity index (χ1) is 9.63. The number of rotatable bonds is 7. The summed E-state index contributed by atoms with van der Waals surface area (Å²) in [6.45, 7) is 6.81. The van der Waals surface area contributed by atoms with Crippen LogP contribution >= 0.6 is 11.3 Å². The van der Waals surface area contributed by atoms with Crippen molar-refractivity contribution in [2.24, 2.45) is 5.73 Å². The van der Waals surface area contributed by atoms with Crippen molar-refractivity contribution >= 4 is 17.2 Å². The number of nitrogens with one attached hydrogen (secondary N) is 1. The molecule has 7 heteroatoms. The molecule has 112 valence electrons. The molecule has 1 fully saturated rings. The van der Waals surface area contributed by atoms with Crippen molar-refractivity contribution in [2.75, 3.05) is 32.8 Å². The van der Waals surface area contributed by atoms with Gasteiger partial charge in [0.2, 0.25) is 5.91 Å². The van der Waals surface area contributed by atoms with Gasteiger partial charge in [0.15, 0.2) is 0 Å². The largest absolute Gasteiger partial charge is 0.379 e. The Labute approximate surface area is 123 Å². The van der Waals surface area contributed by atoms with Crippen molar-refractivity contribution in [1.29, 1.82) is 0 Å². The lowest BCUT2D eigenvalue weighted by Crippen LogP contribution is -2.46. The van der Waals surface area contributed by atoms with Gasteiger partial charge in [-0.1, -0.05) is 0 Å². The Morgan fingerprint density at radius 3 is 2.95 bits per heavy atom. The molecule has 0 spiro atoms. The molecule has 1 aromatic heterocycles. The number of amides is 1. The van der Waals surface area contributed by atoms with Crippen molar-refractivity contribution in [2.45, 2.75) is 25.9 Å². The zero-order chi connectivity index (χ0) is 14.4. The number of nitrogens with zero attached hydrogens (tertiary/aromatic N) is 2. The van der Waals surface area contributed by atoms with E-state index in [1.165, 1.54) is 0 Å². The van der Waals surface area contributed by atoms with Crippen molar-refractivity contribution in [3.05, 3.63) is 16.1 Å². The normalized spacial score (nSPS) is 18.1. The van der Waals surface area contributed by atoms with Gasteiger partial charge in [0, 0.05) is 44.0 Å². The van der Waals surface area contributed by atoms with Gasteiger partial charge in [0.25, 0.3) is 0 Å². The van der Waals surface area contributed by atoms with Gasteiger partial charge in [-0.3, -0.25) is 9.69 Å². The molecule has 0 saturated carbocycles. The zero-order valence-electron chi connectivity index (χ0n) is 11.8. The Bertz CT molecular complexity index is 432. The van der Waals surface area contributed by atoms with Crippen LogP contribution in [-0.2, 0) is 16.1 Å². The van der Waals surface area contributed by atoms with Gasteiger partial charge < -0.3 is 15.8 Å². The number of hydrogen-bond donors (Lipinski definition) is 2. The lowest BCUT2D eigenvalue weighted by Gasteiger charge is -2.30. The third-order valence-corrected chi connectivity index (χ3v) is 4.09. The van der Waals surface area contributed by atoms with Gasteiger partial charge in [-0.2, -0.15) is 0 Å². The molecule has 0 aromatic carbocycles. The summed E-state index contributed by atoms with van der Waals surface area (Å²) in [4.78, 5) is 17.9. The Morgan fingerprint density at radius 1 is 1.60 bits per heavy atom. The fourth-order valence-corrected chi connectivity index (χ4v) is 2.89. The summed E-state index contributed by atoms with van der Waals surface area (Å²) < 4.78 is 5.33. The third kappa shape index (κ3) is 5.16. The predicted molar refractivity (Wildman–Crippen MR) is 78.5 cm³/mol. The molecule has 0 aliphatic carbocycles. The first-order valence-corrected chi connectivity index (χ1v) is 7.74. The highest BCUT2D eigenvalue weighted by Crippen LogP contribution is 2.08. The SMILES string of the molecule is Cc1nc(CNC(CC(N)=O)CN2CCOCC2)cs1. The van der Waals surface area contributed by atoms with Crippen LogP contribution in [0.3, 0.4) is 0 Å². The molecular weight excluding hydrogens is 276 g/mol. The second kappa shape index (κ2) is 7.68. The molecule has 2 rings (SSSR count). The Morgan fingerprint density at radius 2 is 2.35 bits per heavy atom. The van der Waals surface area contributed by atoms with Gasteiger partial charge >= 0.3 is 0 Å². The molecule has 1 aliphatic heterocycles. The van der Waals surface area contributed by atoms with Gasteiger partial charge in [0.05, 0.1) is 23.9 Å². The minimum atomic E-state index is -0.273. The van der Waals surface area contributed by atoms with Crippen molar-refractivity contribution in [3.8, 4) is 0 Å². The summed E-state index contributed by atoms with van der Waals surface area (Å²) >= 11 is 1.64. The number of primary amides is 1. The van der Waals surface area contributed by atoms with Crippen LogP contribution in [0.1, 0.15) is 17.1 Å². The Hall–Kier alpha value is -1.02. The van der Waals surface area contributed by atoms with Gasteiger partial charge in [-0.15, -0.1) is 11.3 Å².